The van der Waals surface area contributed by atoms with Gasteiger partial charge in [0.15, 0.2) is 0 Å². The number of rotatable bonds is 3. The number of hydrogen-bond acceptors (Lipinski definition) is 4. The molecule has 1 aliphatic rings. The van der Waals surface area contributed by atoms with Crippen molar-refractivity contribution in [2.24, 2.45) is 0 Å². The molecule has 5 nitrogen and oxygen atoms in total. The van der Waals surface area contributed by atoms with Gasteiger partial charge in [0.2, 0.25) is 5.88 Å². The first-order chi connectivity index (χ1) is 12.1. The van der Waals surface area contributed by atoms with Gasteiger partial charge in [0.1, 0.15) is 9.84 Å². The van der Waals surface area contributed by atoms with Crippen LogP contribution in [-0.4, -0.2) is 37.0 Å². The van der Waals surface area contributed by atoms with Gasteiger partial charge in [0, 0.05) is 34.9 Å². The quantitative estimate of drug-likeness (QED) is 0.779. The van der Waals surface area contributed by atoms with Crippen molar-refractivity contribution < 1.29 is 13.2 Å². The SMILES string of the molecule is COc1ccc(-c2ccc3[nH]cc(C4CCS(=O)(=O)CC4)c3c2)cn1. The van der Waals surface area contributed by atoms with Gasteiger partial charge in [-0.1, -0.05) is 6.07 Å². The Morgan fingerprint density at radius 1 is 1.12 bits per heavy atom. The van der Waals surface area contributed by atoms with Gasteiger partial charge in [-0.25, -0.2) is 13.4 Å². The summed E-state index contributed by atoms with van der Waals surface area (Å²) in [5.74, 6) is 1.45. The summed E-state index contributed by atoms with van der Waals surface area (Å²) < 4.78 is 28.5. The van der Waals surface area contributed by atoms with Gasteiger partial charge >= 0.3 is 0 Å². The lowest BCUT2D eigenvalue weighted by Crippen LogP contribution is -2.21. The number of sulfone groups is 1. The zero-order valence-electron chi connectivity index (χ0n) is 14.0. The van der Waals surface area contributed by atoms with Crippen LogP contribution in [0.4, 0.5) is 0 Å². The van der Waals surface area contributed by atoms with Crippen molar-refractivity contribution in [2.45, 2.75) is 18.8 Å². The normalized spacial score (nSPS) is 17.6. The molecular formula is C19H20N2O3S. The Morgan fingerprint density at radius 3 is 2.56 bits per heavy atom. The van der Waals surface area contributed by atoms with Crippen molar-refractivity contribution in [3.05, 3.63) is 48.3 Å². The Labute approximate surface area is 147 Å². The zero-order valence-corrected chi connectivity index (χ0v) is 14.8. The Bertz CT molecular complexity index is 993. The van der Waals surface area contributed by atoms with E-state index in [9.17, 15) is 8.42 Å². The predicted molar refractivity (Wildman–Crippen MR) is 98.7 cm³/mol. The highest BCUT2D eigenvalue weighted by molar-refractivity contribution is 7.91. The van der Waals surface area contributed by atoms with E-state index in [0.717, 1.165) is 22.0 Å². The first kappa shape index (κ1) is 16.1. The molecule has 1 aromatic carbocycles. The van der Waals surface area contributed by atoms with Gasteiger partial charge in [0.05, 0.1) is 18.6 Å². The van der Waals surface area contributed by atoms with E-state index in [4.69, 9.17) is 4.74 Å². The summed E-state index contributed by atoms with van der Waals surface area (Å²) in [5.41, 5.74) is 4.41. The van der Waals surface area contributed by atoms with E-state index in [1.165, 1.54) is 5.56 Å². The summed E-state index contributed by atoms with van der Waals surface area (Å²) in [4.78, 5) is 7.59. The third-order valence-corrected chi connectivity index (χ3v) is 6.70. The van der Waals surface area contributed by atoms with E-state index in [1.54, 1.807) is 13.3 Å². The molecule has 1 aliphatic heterocycles. The predicted octanol–water partition coefficient (Wildman–Crippen LogP) is 3.53. The molecule has 130 valence electrons. The third-order valence-electron chi connectivity index (χ3n) is 4.99. The number of aromatic nitrogens is 2. The smallest absolute Gasteiger partial charge is 0.212 e. The minimum Gasteiger partial charge on any atom is -0.481 e. The Balaban J connectivity index is 1.70. The van der Waals surface area contributed by atoms with Crippen molar-refractivity contribution in [3.63, 3.8) is 0 Å². The Hall–Kier alpha value is -2.34. The van der Waals surface area contributed by atoms with E-state index in [2.05, 4.69) is 28.2 Å². The monoisotopic (exact) mass is 356 g/mol. The van der Waals surface area contributed by atoms with E-state index in [0.29, 0.717) is 24.6 Å². The van der Waals surface area contributed by atoms with Gasteiger partial charge in [-0.2, -0.15) is 0 Å². The molecule has 1 fully saturated rings. The van der Waals surface area contributed by atoms with Crippen LogP contribution in [0.5, 0.6) is 5.88 Å². The van der Waals surface area contributed by atoms with Crippen molar-refractivity contribution >= 4 is 20.7 Å². The first-order valence-corrected chi connectivity index (χ1v) is 10.2. The number of nitrogens with zero attached hydrogens (tertiary/aromatic N) is 1. The van der Waals surface area contributed by atoms with Gasteiger partial charge < -0.3 is 9.72 Å². The summed E-state index contributed by atoms with van der Waals surface area (Å²) in [6.07, 6.45) is 5.23. The molecule has 4 rings (SSSR count). The molecule has 0 saturated carbocycles. The number of ether oxygens (including phenoxy) is 1. The number of benzene rings is 1. The lowest BCUT2D eigenvalue weighted by molar-refractivity contribution is 0.398. The molecule has 3 heterocycles. The summed E-state index contributed by atoms with van der Waals surface area (Å²) in [6, 6.07) is 10.1. The standard InChI is InChI=1S/C19H20N2O3S/c1-24-19-5-3-15(11-21-19)14-2-4-18-16(10-14)17(12-20-18)13-6-8-25(22,23)9-7-13/h2-5,10-13,20H,6-9H2,1H3. The minimum absolute atomic E-state index is 0.284. The molecule has 0 aliphatic carbocycles. The van der Waals surface area contributed by atoms with Crippen LogP contribution in [0.3, 0.4) is 0 Å². The number of hydrogen-bond donors (Lipinski definition) is 1. The van der Waals surface area contributed by atoms with E-state index in [-0.39, 0.29) is 11.5 Å². The third kappa shape index (κ3) is 3.14. The average Bonchev–Trinajstić information content (AvgIpc) is 3.05. The maximum absolute atomic E-state index is 11.7. The highest BCUT2D eigenvalue weighted by Crippen LogP contribution is 2.35. The topological polar surface area (TPSA) is 72.1 Å². The van der Waals surface area contributed by atoms with Gasteiger partial charge in [-0.3, -0.25) is 0 Å². The number of H-pyrrole nitrogens is 1. The highest BCUT2D eigenvalue weighted by Gasteiger charge is 2.26. The van der Waals surface area contributed by atoms with E-state index < -0.39 is 9.84 Å². The number of methoxy groups -OCH3 is 1. The fourth-order valence-corrected chi connectivity index (χ4v) is 5.02. The van der Waals surface area contributed by atoms with Crippen LogP contribution in [0, 0.1) is 0 Å². The van der Waals surface area contributed by atoms with Crippen molar-refractivity contribution in [1.82, 2.24) is 9.97 Å². The highest BCUT2D eigenvalue weighted by atomic mass is 32.2. The average molecular weight is 356 g/mol. The van der Waals surface area contributed by atoms with Crippen LogP contribution in [0.1, 0.15) is 24.3 Å². The lowest BCUT2D eigenvalue weighted by Gasteiger charge is -2.21. The fourth-order valence-electron chi connectivity index (χ4n) is 3.53. The van der Waals surface area contributed by atoms with Crippen molar-refractivity contribution in [2.75, 3.05) is 18.6 Å². The molecule has 0 unspecified atom stereocenters. The number of aromatic amines is 1. The van der Waals surface area contributed by atoms with Crippen molar-refractivity contribution in [3.8, 4) is 17.0 Å². The van der Waals surface area contributed by atoms with Crippen molar-refractivity contribution in [1.29, 1.82) is 0 Å². The summed E-state index contributed by atoms with van der Waals surface area (Å²) in [7, 11) is -1.25. The molecule has 0 radical (unpaired) electrons. The molecule has 3 aromatic rings. The van der Waals surface area contributed by atoms with Gasteiger partial charge in [0.25, 0.3) is 0 Å². The molecule has 0 bridgehead atoms. The van der Waals surface area contributed by atoms with E-state index in [1.807, 2.05) is 18.3 Å². The molecule has 25 heavy (non-hydrogen) atoms. The van der Waals surface area contributed by atoms with Crippen LogP contribution in [-0.2, 0) is 9.84 Å². The molecule has 1 saturated heterocycles. The maximum atomic E-state index is 11.7. The van der Waals surface area contributed by atoms with Crippen LogP contribution >= 0.6 is 0 Å². The largest absolute Gasteiger partial charge is 0.481 e. The zero-order chi connectivity index (χ0) is 17.4. The number of nitrogens with one attached hydrogen (secondary N) is 1. The second-order valence-electron chi connectivity index (χ2n) is 6.52. The lowest BCUT2D eigenvalue weighted by atomic mass is 9.92. The summed E-state index contributed by atoms with van der Waals surface area (Å²) in [6.45, 7) is 0. The summed E-state index contributed by atoms with van der Waals surface area (Å²) in [5, 5.41) is 1.16. The fraction of sp³-hybridized carbons (Fsp3) is 0.316. The molecule has 1 N–H and O–H groups in total. The molecule has 6 heteroatoms. The molecule has 0 amide bonds. The number of fused-ring (bicyclic) bond motifs is 1. The van der Waals surface area contributed by atoms with Crippen LogP contribution in [0.25, 0.3) is 22.0 Å². The van der Waals surface area contributed by atoms with Gasteiger partial charge in [-0.05, 0) is 48.1 Å². The minimum atomic E-state index is -2.85. The number of pyridine rings is 1. The Kier molecular flexibility index (Phi) is 4.00. The molecule has 2 aromatic heterocycles. The second kappa shape index (κ2) is 6.19. The van der Waals surface area contributed by atoms with Crippen LogP contribution in [0.15, 0.2) is 42.7 Å². The second-order valence-corrected chi connectivity index (χ2v) is 8.82. The molecular weight excluding hydrogens is 336 g/mol. The van der Waals surface area contributed by atoms with Gasteiger partial charge in [-0.15, -0.1) is 0 Å². The molecule has 0 atom stereocenters. The van der Waals surface area contributed by atoms with Crippen LogP contribution < -0.4 is 4.74 Å². The summed E-state index contributed by atoms with van der Waals surface area (Å²) >= 11 is 0. The maximum Gasteiger partial charge on any atom is 0.212 e. The Morgan fingerprint density at radius 2 is 1.88 bits per heavy atom. The first-order valence-electron chi connectivity index (χ1n) is 8.37. The molecule has 0 spiro atoms. The van der Waals surface area contributed by atoms with Crippen LogP contribution in [0.2, 0.25) is 0 Å². The van der Waals surface area contributed by atoms with E-state index >= 15 is 0 Å².